The molecular weight excluding hydrogens is 262 g/mol. The number of para-hydroxylation sites is 2. The van der Waals surface area contributed by atoms with Gasteiger partial charge in [0.15, 0.2) is 11.5 Å². The molecule has 1 aromatic carbocycles. The normalized spacial score (nSPS) is 12.3. The maximum atomic E-state index is 6.00. The number of hydrogen-bond donors (Lipinski definition) is 1. The van der Waals surface area contributed by atoms with Crippen molar-refractivity contribution in [2.24, 2.45) is 5.41 Å². The van der Waals surface area contributed by atoms with Crippen LogP contribution in [0, 0.1) is 5.41 Å². The van der Waals surface area contributed by atoms with Gasteiger partial charge in [0.25, 0.3) is 0 Å². The molecule has 0 aliphatic rings. The lowest BCUT2D eigenvalue weighted by Gasteiger charge is -2.30. The summed E-state index contributed by atoms with van der Waals surface area (Å²) in [6, 6.07) is 7.89. The molecule has 0 atom stereocenters. The van der Waals surface area contributed by atoms with E-state index in [4.69, 9.17) is 9.47 Å². The quantitative estimate of drug-likeness (QED) is 0.776. The van der Waals surface area contributed by atoms with Crippen LogP contribution in [0.4, 0.5) is 0 Å². The van der Waals surface area contributed by atoms with Gasteiger partial charge >= 0.3 is 0 Å². The molecule has 0 unspecified atom stereocenters. The Morgan fingerprint density at radius 2 is 1.52 bits per heavy atom. The SMILES string of the molecule is CCCOc1ccccc1OCC(C)(C)CNC(C)(C)C. The van der Waals surface area contributed by atoms with Crippen LogP contribution < -0.4 is 14.8 Å². The molecule has 0 amide bonds. The van der Waals surface area contributed by atoms with Crippen molar-refractivity contribution in [3.63, 3.8) is 0 Å². The second-order valence-electron chi connectivity index (χ2n) is 7.35. The van der Waals surface area contributed by atoms with Gasteiger partial charge in [-0.05, 0) is 39.3 Å². The Balaban J connectivity index is 2.57. The summed E-state index contributed by atoms with van der Waals surface area (Å²) in [5, 5.41) is 3.54. The zero-order valence-electron chi connectivity index (χ0n) is 14.5. The van der Waals surface area contributed by atoms with Gasteiger partial charge in [-0.15, -0.1) is 0 Å². The van der Waals surface area contributed by atoms with Crippen LogP contribution in [0.3, 0.4) is 0 Å². The Bertz CT molecular complexity index is 421. The molecule has 1 rings (SSSR count). The molecule has 1 aromatic rings. The van der Waals surface area contributed by atoms with E-state index in [0.29, 0.717) is 6.61 Å². The Labute approximate surface area is 130 Å². The average Bonchev–Trinajstić information content (AvgIpc) is 2.41. The van der Waals surface area contributed by atoms with E-state index in [1.165, 1.54) is 0 Å². The van der Waals surface area contributed by atoms with Gasteiger partial charge in [0.1, 0.15) is 0 Å². The zero-order chi connectivity index (χ0) is 15.9. The van der Waals surface area contributed by atoms with Gasteiger partial charge in [-0.1, -0.05) is 32.9 Å². The average molecular weight is 293 g/mol. The highest BCUT2D eigenvalue weighted by atomic mass is 16.5. The lowest BCUT2D eigenvalue weighted by atomic mass is 9.93. The second kappa shape index (κ2) is 7.69. The highest BCUT2D eigenvalue weighted by Crippen LogP contribution is 2.28. The molecule has 120 valence electrons. The molecule has 0 aromatic heterocycles. The maximum absolute atomic E-state index is 6.00. The Morgan fingerprint density at radius 1 is 0.952 bits per heavy atom. The fourth-order valence-corrected chi connectivity index (χ4v) is 1.73. The molecule has 1 N–H and O–H groups in total. The summed E-state index contributed by atoms with van der Waals surface area (Å²) in [7, 11) is 0. The summed E-state index contributed by atoms with van der Waals surface area (Å²) in [5.41, 5.74) is 0.185. The van der Waals surface area contributed by atoms with E-state index in [1.54, 1.807) is 0 Å². The van der Waals surface area contributed by atoms with Crippen molar-refractivity contribution in [1.29, 1.82) is 0 Å². The Hall–Kier alpha value is -1.22. The van der Waals surface area contributed by atoms with Crippen molar-refractivity contribution in [1.82, 2.24) is 5.32 Å². The van der Waals surface area contributed by atoms with Crippen molar-refractivity contribution in [2.45, 2.75) is 53.5 Å². The first-order valence-corrected chi connectivity index (χ1v) is 7.83. The minimum atomic E-state index is 0.0607. The monoisotopic (exact) mass is 293 g/mol. The summed E-state index contributed by atoms with van der Waals surface area (Å²) in [6.07, 6.45) is 0.995. The zero-order valence-corrected chi connectivity index (χ0v) is 14.5. The molecule has 0 aliphatic heterocycles. The van der Waals surface area contributed by atoms with Crippen LogP contribution in [0.15, 0.2) is 24.3 Å². The molecule has 0 saturated carbocycles. The van der Waals surface area contributed by atoms with Gasteiger partial charge in [0.05, 0.1) is 13.2 Å². The largest absolute Gasteiger partial charge is 0.490 e. The smallest absolute Gasteiger partial charge is 0.161 e. The lowest BCUT2D eigenvalue weighted by molar-refractivity contribution is 0.159. The first-order valence-electron chi connectivity index (χ1n) is 7.83. The fourth-order valence-electron chi connectivity index (χ4n) is 1.73. The first kappa shape index (κ1) is 17.8. The first-order chi connectivity index (χ1) is 9.73. The van der Waals surface area contributed by atoms with Crippen molar-refractivity contribution in [2.75, 3.05) is 19.8 Å². The molecule has 0 bridgehead atoms. The third kappa shape index (κ3) is 7.37. The summed E-state index contributed by atoms with van der Waals surface area (Å²) >= 11 is 0. The molecule has 0 heterocycles. The van der Waals surface area contributed by atoms with Gasteiger partial charge in [-0.2, -0.15) is 0 Å². The van der Waals surface area contributed by atoms with Crippen molar-refractivity contribution < 1.29 is 9.47 Å². The summed E-state index contributed by atoms with van der Waals surface area (Å²) in [4.78, 5) is 0. The molecule has 3 nitrogen and oxygen atoms in total. The van der Waals surface area contributed by atoms with E-state index in [2.05, 4.69) is 46.9 Å². The van der Waals surface area contributed by atoms with Gasteiger partial charge in [-0.25, -0.2) is 0 Å². The van der Waals surface area contributed by atoms with E-state index >= 15 is 0 Å². The summed E-state index contributed by atoms with van der Waals surface area (Å²) in [5.74, 6) is 1.66. The topological polar surface area (TPSA) is 30.5 Å². The molecule has 0 radical (unpaired) electrons. The van der Waals surface area contributed by atoms with Crippen LogP contribution in [0.2, 0.25) is 0 Å². The number of nitrogens with one attached hydrogen (secondary N) is 1. The Morgan fingerprint density at radius 3 is 2.05 bits per heavy atom. The number of ether oxygens (including phenoxy) is 2. The van der Waals surface area contributed by atoms with Gasteiger partial charge < -0.3 is 14.8 Å². The van der Waals surface area contributed by atoms with Crippen LogP contribution in [-0.4, -0.2) is 25.3 Å². The second-order valence-corrected chi connectivity index (χ2v) is 7.35. The van der Waals surface area contributed by atoms with Gasteiger partial charge in [0.2, 0.25) is 0 Å². The van der Waals surface area contributed by atoms with E-state index in [1.807, 2.05) is 24.3 Å². The molecule has 21 heavy (non-hydrogen) atoms. The highest BCUT2D eigenvalue weighted by Gasteiger charge is 2.22. The summed E-state index contributed by atoms with van der Waals surface area (Å²) in [6.45, 7) is 15.3. The van der Waals surface area contributed by atoms with Crippen LogP contribution in [0.1, 0.15) is 48.0 Å². The van der Waals surface area contributed by atoms with Gasteiger partial charge in [-0.3, -0.25) is 0 Å². The molecular formula is C18H31NO2. The minimum absolute atomic E-state index is 0.0607. The molecule has 3 heteroatoms. The molecule has 0 fully saturated rings. The molecule has 0 saturated heterocycles. The minimum Gasteiger partial charge on any atom is -0.490 e. The van der Waals surface area contributed by atoms with Crippen LogP contribution in [0.5, 0.6) is 11.5 Å². The van der Waals surface area contributed by atoms with Gasteiger partial charge in [0, 0.05) is 17.5 Å². The number of hydrogen-bond acceptors (Lipinski definition) is 3. The van der Waals surface area contributed by atoms with Crippen LogP contribution >= 0.6 is 0 Å². The van der Waals surface area contributed by atoms with E-state index in [0.717, 1.165) is 31.1 Å². The number of rotatable bonds is 8. The number of benzene rings is 1. The highest BCUT2D eigenvalue weighted by molar-refractivity contribution is 5.39. The van der Waals surface area contributed by atoms with E-state index in [-0.39, 0.29) is 11.0 Å². The van der Waals surface area contributed by atoms with Crippen molar-refractivity contribution in [3.8, 4) is 11.5 Å². The predicted octanol–water partition coefficient (Wildman–Crippen LogP) is 4.27. The summed E-state index contributed by atoms with van der Waals surface area (Å²) < 4.78 is 11.7. The molecule has 0 aliphatic carbocycles. The van der Waals surface area contributed by atoms with E-state index in [9.17, 15) is 0 Å². The van der Waals surface area contributed by atoms with E-state index < -0.39 is 0 Å². The fraction of sp³-hybridized carbons (Fsp3) is 0.667. The third-order valence-electron chi connectivity index (χ3n) is 3.03. The maximum Gasteiger partial charge on any atom is 0.161 e. The standard InChI is InChI=1S/C18H31NO2/c1-7-12-20-15-10-8-9-11-16(15)21-14-18(5,6)13-19-17(2,3)4/h8-11,19H,7,12-14H2,1-6H3. The van der Waals surface area contributed by atoms with Crippen molar-refractivity contribution >= 4 is 0 Å². The third-order valence-corrected chi connectivity index (χ3v) is 3.03. The van der Waals surface area contributed by atoms with Crippen LogP contribution in [-0.2, 0) is 0 Å². The lowest BCUT2D eigenvalue weighted by Crippen LogP contribution is -2.43. The molecule has 0 spiro atoms. The van der Waals surface area contributed by atoms with Crippen molar-refractivity contribution in [3.05, 3.63) is 24.3 Å². The predicted molar refractivity (Wildman–Crippen MR) is 89.3 cm³/mol. The van der Waals surface area contributed by atoms with Crippen LogP contribution in [0.25, 0.3) is 0 Å². The Kier molecular flexibility index (Phi) is 6.53.